The van der Waals surface area contributed by atoms with Crippen LogP contribution in [0.15, 0.2) is 12.1 Å². The van der Waals surface area contributed by atoms with Gasteiger partial charge in [0.15, 0.2) is 15.6 Å². The first-order chi connectivity index (χ1) is 12.8. The van der Waals surface area contributed by atoms with E-state index in [2.05, 4.69) is 0 Å². The Labute approximate surface area is 159 Å². The van der Waals surface area contributed by atoms with Gasteiger partial charge in [-0.15, -0.1) is 0 Å². The Hall–Kier alpha value is -2.02. The first-order valence-electron chi connectivity index (χ1n) is 9.69. The molecule has 144 valence electrons. The molecule has 1 aliphatic heterocycles. The van der Waals surface area contributed by atoms with Crippen molar-refractivity contribution in [3.8, 4) is 11.5 Å². The van der Waals surface area contributed by atoms with E-state index in [0.29, 0.717) is 11.8 Å². The highest BCUT2D eigenvalue weighted by Crippen LogP contribution is 2.53. The number of nitrogens with two attached hydrogens (primary N) is 1. The predicted molar refractivity (Wildman–Crippen MR) is 104 cm³/mol. The van der Waals surface area contributed by atoms with E-state index in [1.54, 1.807) is 0 Å². The van der Waals surface area contributed by atoms with Gasteiger partial charge in [-0.25, -0.2) is 8.42 Å². The summed E-state index contributed by atoms with van der Waals surface area (Å²) in [6.07, 6.45) is 4.48. The van der Waals surface area contributed by atoms with Crippen molar-refractivity contribution in [3.05, 3.63) is 34.6 Å². The molecule has 0 bridgehead atoms. The van der Waals surface area contributed by atoms with Crippen molar-refractivity contribution < 1.29 is 13.2 Å². The summed E-state index contributed by atoms with van der Waals surface area (Å²) in [6.45, 7) is 3.98. The molecule has 1 saturated heterocycles. The first kappa shape index (κ1) is 17.1. The summed E-state index contributed by atoms with van der Waals surface area (Å²) in [5, 5.41) is 4.88. The summed E-state index contributed by atoms with van der Waals surface area (Å²) < 4.78 is 31.8. The molecule has 5 rings (SSSR count). The molecule has 0 atom stereocenters. The number of hydrogen-bond donors (Lipinski definition) is 1. The van der Waals surface area contributed by atoms with E-state index in [9.17, 15) is 8.42 Å². The monoisotopic (exact) mass is 387 g/mol. The number of anilines is 1. The van der Waals surface area contributed by atoms with Gasteiger partial charge in [-0.2, -0.15) is 5.10 Å². The lowest BCUT2D eigenvalue weighted by Gasteiger charge is -2.27. The Balaban J connectivity index is 1.57. The molecule has 7 heteroatoms. The van der Waals surface area contributed by atoms with Gasteiger partial charge in [-0.1, -0.05) is 0 Å². The van der Waals surface area contributed by atoms with Crippen LogP contribution in [0.2, 0.25) is 0 Å². The van der Waals surface area contributed by atoms with Crippen molar-refractivity contribution in [1.82, 2.24) is 9.78 Å². The summed E-state index contributed by atoms with van der Waals surface area (Å²) >= 11 is 0. The van der Waals surface area contributed by atoms with Gasteiger partial charge < -0.3 is 10.5 Å². The molecule has 2 N–H and O–H groups in total. The molecule has 3 fully saturated rings. The van der Waals surface area contributed by atoms with Gasteiger partial charge >= 0.3 is 0 Å². The topological polar surface area (TPSA) is 87.2 Å². The number of nitrogens with zero attached hydrogens (tertiary/aromatic N) is 2. The van der Waals surface area contributed by atoms with E-state index in [-0.39, 0.29) is 17.5 Å². The third-order valence-electron chi connectivity index (χ3n) is 5.88. The van der Waals surface area contributed by atoms with Gasteiger partial charge in [0.05, 0.1) is 23.2 Å². The molecule has 0 amide bonds. The molecular formula is C20H25N3O3S. The molecular weight excluding hydrogens is 362 g/mol. The highest BCUT2D eigenvalue weighted by Gasteiger charge is 2.44. The fraction of sp³-hybridized carbons (Fsp3) is 0.550. The van der Waals surface area contributed by atoms with Gasteiger partial charge in [0.1, 0.15) is 11.4 Å². The Morgan fingerprint density at radius 3 is 2.19 bits per heavy atom. The smallest absolute Gasteiger partial charge is 0.172 e. The molecule has 0 spiro atoms. The normalized spacial score (nSPS) is 21.9. The molecule has 1 aromatic heterocycles. The number of ether oxygens (including phenoxy) is 1. The average molecular weight is 388 g/mol. The van der Waals surface area contributed by atoms with Crippen LogP contribution in [0.3, 0.4) is 0 Å². The van der Waals surface area contributed by atoms with Crippen LogP contribution in [0.1, 0.15) is 66.1 Å². The molecule has 2 saturated carbocycles. The third kappa shape index (κ3) is 3.02. The van der Waals surface area contributed by atoms with Crippen molar-refractivity contribution in [2.75, 3.05) is 17.2 Å². The van der Waals surface area contributed by atoms with Crippen LogP contribution in [0.25, 0.3) is 0 Å². The minimum atomic E-state index is -2.90. The number of aromatic nitrogens is 2. The van der Waals surface area contributed by atoms with Gasteiger partial charge in [0.2, 0.25) is 0 Å². The zero-order chi connectivity index (χ0) is 18.9. The van der Waals surface area contributed by atoms with Crippen LogP contribution in [0.4, 0.5) is 5.69 Å². The highest BCUT2D eigenvalue weighted by atomic mass is 32.2. The van der Waals surface area contributed by atoms with E-state index in [1.807, 2.05) is 30.7 Å². The summed E-state index contributed by atoms with van der Waals surface area (Å²) in [6, 6.07) is 3.90. The summed E-state index contributed by atoms with van der Waals surface area (Å²) in [7, 11) is -2.90. The molecule has 27 heavy (non-hydrogen) atoms. The minimum Gasteiger partial charge on any atom is -0.453 e. The van der Waals surface area contributed by atoms with Crippen molar-refractivity contribution in [3.63, 3.8) is 0 Å². The maximum atomic E-state index is 11.7. The lowest BCUT2D eigenvalue weighted by atomic mass is 10.1. The molecule has 3 aliphatic rings. The van der Waals surface area contributed by atoms with Gasteiger partial charge in [0.25, 0.3) is 0 Å². The van der Waals surface area contributed by atoms with E-state index in [1.165, 1.54) is 0 Å². The fourth-order valence-electron chi connectivity index (χ4n) is 3.98. The lowest BCUT2D eigenvalue weighted by molar-refractivity contribution is 0.444. The maximum Gasteiger partial charge on any atom is 0.172 e. The second kappa shape index (κ2) is 5.74. The molecule has 0 radical (unpaired) electrons. The molecule has 0 unspecified atom stereocenters. The molecule has 1 aromatic carbocycles. The maximum absolute atomic E-state index is 11.7. The molecule has 6 nitrogen and oxygen atoms in total. The van der Waals surface area contributed by atoms with Crippen LogP contribution in [0.5, 0.6) is 11.5 Å². The number of benzene rings is 1. The number of nitrogen functional groups attached to an aromatic ring is 1. The summed E-state index contributed by atoms with van der Waals surface area (Å²) in [5.41, 5.74) is 11.0. The van der Waals surface area contributed by atoms with E-state index in [0.717, 1.165) is 65.4 Å². The zero-order valence-electron chi connectivity index (χ0n) is 15.7. The zero-order valence-corrected chi connectivity index (χ0v) is 16.6. The number of hydrogen-bond acceptors (Lipinski definition) is 5. The second-order valence-electron chi connectivity index (χ2n) is 8.40. The van der Waals surface area contributed by atoms with Gasteiger partial charge in [0, 0.05) is 17.5 Å². The minimum absolute atomic E-state index is 0.0460. The number of rotatable bonds is 5. The third-order valence-corrected chi connectivity index (χ3v) is 7.67. The average Bonchev–Trinajstić information content (AvgIpc) is 3.48. The second-order valence-corrected chi connectivity index (χ2v) is 10.6. The molecule has 2 heterocycles. The fourth-order valence-corrected chi connectivity index (χ4v) is 5.33. The molecule has 2 aliphatic carbocycles. The Morgan fingerprint density at radius 2 is 1.67 bits per heavy atom. The Kier molecular flexibility index (Phi) is 3.63. The lowest BCUT2D eigenvalue weighted by Crippen LogP contribution is -2.39. The summed E-state index contributed by atoms with van der Waals surface area (Å²) in [5.74, 6) is 2.90. The first-order valence-corrected chi connectivity index (χ1v) is 11.5. The largest absolute Gasteiger partial charge is 0.453 e. The van der Waals surface area contributed by atoms with Crippen LogP contribution in [-0.2, 0) is 9.84 Å². The molecule has 2 aromatic rings. The van der Waals surface area contributed by atoms with Gasteiger partial charge in [-0.05, 0) is 62.8 Å². The van der Waals surface area contributed by atoms with Crippen molar-refractivity contribution in [1.29, 1.82) is 0 Å². The standard InChI is InChI=1S/C20H25N3O3S/c1-11-7-16(8-12(2)17(11)21)26-20-18(13-3-4-13)22-23(19(20)14-5-6-14)15-9-27(24,25)10-15/h7-8,13-15H,3-6,9-10,21H2,1-2H3. The van der Waals surface area contributed by atoms with Crippen molar-refractivity contribution in [2.45, 2.75) is 57.4 Å². The predicted octanol–water partition coefficient (Wildman–Crippen LogP) is 3.60. The van der Waals surface area contributed by atoms with E-state index < -0.39 is 9.84 Å². The van der Waals surface area contributed by atoms with Crippen molar-refractivity contribution in [2.24, 2.45) is 0 Å². The Morgan fingerprint density at radius 1 is 1.07 bits per heavy atom. The van der Waals surface area contributed by atoms with Crippen LogP contribution >= 0.6 is 0 Å². The number of aryl methyl sites for hydroxylation is 2. The van der Waals surface area contributed by atoms with E-state index in [4.69, 9.17) is 15.6 Å². The number of sulfone groups is 1. The van der Waals surface area contributed by atoms with Crippen molar-refractivity contribution >= 4 is 15.5 Å². The van der Waals surface area contributed by atoms with Gasteiger partial charge in [-0.3, -0.25) is 4.68 Å². The van der Waals surface area contributed by atoms with Crippen LogP contribution < -0.4 is 10.5 Å². The van der Waals surface area contributed by atoms with Crippen LogP contribution in [0, 0.1) is 13.8 Å². The van der Waals surface area contributed by atoms with E-state index >= 15 is 0 Å². The Bertz CT molecular complexity index is 998. The van der Waals surface area contributed by atoms with Crippen LogP contribution in [-0.4, -0.2) is 29.7 Å². The quantitative estimate of drug-likeness (QED) is 0.792. The highest BCUT2D eigenvalue weighted by molar-refractivity contribution is 7.92. The summed E-state index contributed by atoms with van der Waals surface area (Å²) in [4.78, 5) is 0. The SMILES string of the molecule is Cc1cc(Oc2c(C3CC3)nn(C3CS(=O)(=O)C3)c2C2CC2)cc(C)c1N.